The number of amides is 2. The third kappa shape index (κ3) is 2.69. The van der Waals surface area contributed by atoms with E-state index in [0.717, 1.165) is 0 Å². The summed E-state index contributed by atoms with van der Waals surface area (Å²) in [7, 11) is 0. The zero-order chi connectivity index (χ0) is 13.2. The molecule has 0 unspecified atom stereocenters. The number of hydrogen-bond acceptors (Lipinski definition) is 6. The molecule has 0 aromatic carbocycles. The second-order valence-corrected chi connectivity index (χ2v) is 4.73. The molecule has 2 amide bonds. The van der Waals surface area contributed by atoms with Crippen LogP contribution in [0.4, 0.5) is 10.8 Å². The molecule has 104 valence electrons. The van der Waals surface area contributed by atoms with E-state index in [1.165, 1.54) is 0 Å². The van der Waals surface area contributed by atoms with E-state index >= 15 is 0 Å². The summed E-state index contributed by atoms with van der Waals surface area (Å²) in [6.45, 7) is 4.62. The van der Waals surface area contributed by atoms with E-state index in [9.17, 15) is 4.79 Å². The zero-order valence-electron chi connectivity index (χ0n) is 10.7. The molecular weight excluding hydrogens is 252 g/mol. The van der Waals surface area contributed by atoms with Crippen molar-refractivity contribution in [2.45, 2.75) is 13.0 Å². The van der Waals surface area contributed by atoms with Crippen LogP contribution in [0.5, 0.6) is 0 Å². The molecule has 2 atom stereocenters. The highest BCUT2D eigenvalue weighted by Crippen LogP contribution is 2.21. The summed E-state index contributed by atoms with van der Waals surface area (Å²) in [5.41, 5.74) is 0. The number of aryl methyl sites for hydroxylation is 1. The topological polar surface area (TPSA) is 89.7 Å². The van der Waals surface area contributed by atoms with E-state index in [4.69, 9.17) is 14.0 Å². The first-order valence-corrected chi connectivity index (χ1v) is 6.28. The van der Waals surface area contributed by atoms with E-state index in [1.807, 2.05) is 0 Å². The normalized spacial score (nSPS) is 26.9. The van der Waals surface area contributed by atoms with Crippen molar-refractivity contribution in [2.24, 2.45) is 5.92 Å². The van der Waals surface area contributed by atoms with Gasteiger partial charge >= 0.3 is 12.0 Å². The van der Waals surface area contributed by atoms with Gasteiger partial charge in [0, 0.05) is 19.0 Å². The number of nitrogens with zero attached hydrogens (tertiary/aromatic N) is 3. The second-order valence-electron chi connectivity index (χ2n) is 4.73. The number of carbonyl (C=O) groups is 1. The predicted molar refractivity (Wildman–Crippen MR) is 63.7 cm³/mol. The molecule has 0 bridgehead atoms. The molecule has 1 aromatic heterocycles. The molecule has 0 aliphatic carbocycles. The summed E-state index contributed by atoms with van der Waals surface area (Å²) in [6, 6.07) is -0.133. The number of urea groups is 1. The summed E-state index contributed by atoms with van der Waals surface area (Å²) in [6.07, 6.45) is 0.100. The van der Waals surface area contributed by atoms with Crippen molar-refractivity contribution in [3.63, 3.8) is 0 Å². The molecule has 0 spiro atoms. The minimum absolute atomic E-state index is 0.100. The molecule has 0 radical (unpaired) electrons. The third-order valence-electron chi connectivity index (χ3n) is 3.32. The summed E-state index contributed by atoms with van der Waals surface area (Å²) in [5, 5.41) is 6.21. The van der Waals surface area contributed by atoms with E-state index in [0.29, 0.717) is 38.7 Å². The van der Waals surface area contributed by atoms with Crippen LogP contribution in [0, 0.1) is 12.8 Å². The standard InChI is InChI=1S/C11H16N4O4/c1-7-12-10(19-14-7)13-11(16)15-2-3-18-9-6-17-5-8(9)4-15/h8-9H,2-6H2,1H3,(H,12,13,14,16)/t8-,9+/m0/s1. The van der Waals surface area contributed by atoms with Crippen molar-refractivity contribution < 1.29 is 18.8 Å². The van der Waals surface area contributed by atoms with Crippen LogP contribution in [0.1, 0.15) is 5.82 Å². The average molecular weight is 268 g/mol. The summed E-state index contributed by atoms with van der Waals surface area (Å²) in [4.78, 5) is 17.7. The molecule has 0 saturated carbocycles. The number of fused-ring (bicyclic) bond motifs is 1. The highest BCUT2D eigenvalue weighted by Gasteiger charge is 2.34. The van der Waals surface area contributed by atoms with Gasteiger partial charge in [-0.1, -0.05) is 5.16 Å². The first-order valence-electron chi connectivity index (χ1n) is 6.28. The van der Waals surface area contributed by atoms with Gasteiger partial charge in [0.25, 0.3) is 0 Å². The zero-order valence-corrected chi connectivity index (χ0v) is 10.7. The van der Waals surface area contributed by atoms with Gasteiger partial charge in [0.1, 0.15) is 0 Å². The molecule has 8 nitrogen and oxygen atoms in total. The average Bonchev–Trinajstić information content (AvgIpc) is 2.93. The lowest BCUT2D eigenvalue weighted by atomic mass is 10.1. The first-order chi connectivity index (χ1) is 9.22. The molecule has 3 heterocycles. The Morgan fingerprint density at radius 1 is 1.47 bits per heavy atom. The van der Waals surface area contributed by atoms with E-state index in [2.05, 4.69) is 15.5 Å². The van der Waals surface area contributed by atoms with Crippen LogP contribution in [0.25, 0.3) is 0 Å². The smallest absolute Gasteiger partial charge is 0.329 e. The Balaban J connectivity index is 1.62. The largest absolute Gasteiger partial charge is 0.378 e. The van der Waals surface area contributed by atoms with Gasteiger partial charge in [-0.15, -0.1) is 0 Å². The Morgan fingerprint density at radius 3 is 3.16 bits per heavy atom. The van der Waals surface area contributed by atoms with Crippen molar-refractivity contribution >= 4 is 12.0 Å². The molecule has 1 aromatic rings. The third-order valence-corrected chi connectivity index (χ3v) is 3.32. The minimum atomic E-state index is -0.250. The van der Waals surface area contributed by atoms with Crippen molar-refractivity contribution in [2.75, 3.05) is 38.2 Å². The summed E-state index contributed by atoms with van der Waals surface area (Å²) in [5.74, 6) is 0.719. The van der Waals surface area contributed by atoms with Gasteiger partial charge in [0.2, 0.25) is 0 Å². The highest BCUT2D eigenvalue weighted by atomic mass is 16.5. The van der Waals surface area contributed by atoms with Gasteiger partial charge in [-0.2, -0.15) is 4.98 Å². The number of hydrogen-bond donors (Lipinski definition) is 1. The van der Waals surface area contributed by atoms with Gasteiger partial charge in [-0.3, -0.25) is 5.32 Å². The predicted octanol–water partition coefficient (Wildman–Crippen LogP) is 0.257. The minimum Gasteiger partial charge on any atom is -0.378 e. The molecule has 2 aliphatic heterocycles. The molecule has 2 saturated heterocycles. The maximum absolute atomic E-state index is 12.1. The Hall–Kier alpha value is -1.67. The number of ether oxygens (including phenoxy) is 2. The second kappa shape index (κ2) is 5.14. The molecule has 2 aliphatic rings. The number of rotatable bonds is 1. The Labute approximate surface area is 110 Å². The van der Waals surface area contributed by atoms with Gasteiger partial charge in [-0.25, -0.2) is 4.79 Å². The highest BCUT2D eigenvalue weighted by molar-refractivity contribution is 5.87. The summed E-state index contributed by atoms with van der Waals surface area (Å²) >= 11 is 0. The van der Waals surface area contributed by atoms with Crippen LogP contribution >= 0.6 is 0 Å². The number of nitrogens with one attached hydrogen (secondary N) is 1. The molecular formula is C11H16N4O4. The van der Waals surface area contributed by atoms with Crippen LogP contribution in [0.15, 0.2) is 4.52 Å². The monoisotopic (exact) mass is 268 g/mol. The SMILES string of the molecule is Cc1noc(NC(=O)N2CCO[C@@H]3COC[C@@H]3C2)n1. The quantitative estimate of drug-likeness (QED) is 0.785. The fourth-order valence-corrected chi connectivity index (χ4v) is 2.32. The lowest BCUT2D eigenvalue weighted by Crippen LogP contribution is -2.39. The first kappa shape index (κ1) is 12.4. The van der Waals surface area contributed by atoms with Gasteiger partial charge < -0.3 is 18.9 Å². The summed E-state index contributed by atoms with van der Waals surface area (Å²) < 4.78 is 15.9. The van der Waals surface area contributed by atoms with Crippen LogP contribution in [0.2, 0.25) is 0 Å². The van der Waals surface area contributed by atoms with Gasteiger partial charge in [0.15, 0.2) is 5.82 Å². The fourth-order valence-electron chi connectivity index (χ4n) is 2.32. The number of aromatic nitrogens is 2. The maximum Gasteiger partial charge on any atom is 0.329 e. The van der Waals surface area contributed by atoms with Crippen molar-refractivity contribution in [1.29, 1.82) is 0 Å². The van der Waals surface area contributed by atoms with Crippen LogP contribution < -0.4 is 5.32 Å². The van der Waals surface area contributed by atoms with Crippen molar-refractivity contribution in [3.05, 3.63) is 5.82 Å². The van der Waals surface area contributed by atoms with Crippen molar-refractivity contribution in [3.8, 4) is 0 Å². The van der Waals surface area contributed by atoms with Gasteiger partial charge in [-0.05, 0) is 6.92 Å². The lowest BCUT2D eigenvalue weighted by molar-refractivity contribution is 0.0396. The number of anilines is 1. The van der Waals surface area contributed by atoms with Crippen LogP contribution in [-0.2, 0) is 9.47 Å². The van der Waals surface area contributed by atoms with Crippen LogP contribution in [-0.4, -0.2) is 60.1 Å². The van der Waals surface area contributed by atoms with Crippen LogP contribution in [0.3, 0.4) is 0 Å². The molecule has 3 rings (SSSR count). The Morgan fingerprint density at radius 2 is 2.37 bits per heavy atom. The van der Waals surface area contributed by atoms with E-state index in [-0.39, 0.29) is 24.1 Å². The molecule has 1 N–H and O–H groups in total. The maximum atomic E-state index is 12.1. The molecule has 8 heteroatoms. The molecule has 2 fully saturated rings. The Bertz CT molecular complexity index is 463. The van der Waals surface area contributed by atoms with Crippen molar-refractivity contribution in [1.82, 2.24) is 15.0 Å². The number of carbonyl (C=O) groups excluding carboxylic acids is 1. The lowest BCUT2D eigenvalue weighted by Gasteiger charge is -2.21. The van der Waals surface area contributed by atoms with E-state index in [1.54, 1.807) is 11.8 Å². The fraction of sp³-hybridized carbons (Fsp3) is 0.727. The van der Waals surface area contributed by atoms with E-state index < -0.39 is 0 Å². The molecule has 19 heavy (non-hydrogen) atoms. The Kier molecular flexibility index (Phi) is 3.34. The van der Waals surface area contributed by atoms with Gasteiger partial charge in [0.05, 0.1) is 25.9 Å².